The first kappa shape index (κ1) is 13.8. The number of nitrogens with one attached hydrogen (secondary N) is 2. The summed E-state index contributed by atoms with van der Waals surface area (Å²) in [4.78, 5) is 4.40. The van der Waals surface area contributed by atoms with Gasteiger partial charge < -0.3 is 15.4 Å². The maximum atomic E-state index is 8.96. The van der Waals surface area contributed by atoms with Crippen LogP contribution in [0.3, 0.4) is 0 Å². The number of methoxy groups -OCH3 is 1. The summed E-state index contributed by atoms with van der Waals surface area (Å²) < 4.78 is 5.31. The Bertz CT molecular complexity index is 475. The van der Waals surface area contributed by atoms with Crippen molar-refractivity contribution in [1.82, 2.24) is 10.3 Å². The molecule has 1 unspecified atom stereocenters. The van der Waals surface area contributed by atoms with Crippen molar-refractivity contribution in [1.29, 1.82) is 5.26 Å². The molecule has 19 heavy (non-hydrogen) atoms. The molecule has 1 saturated heterocycles. The number of hydrogen-bond acceptors (Lipinski definition) is 5. The topological polar surface area (TPSA) is 70.0 Å². The van der Waals surface area contributed by atoms with Gasteiger partial charge in [0.05, 0.1) is 23.8 Å². The molecular weight excluding hydrogens is 240 g/mol. The lowest BCUT2D eigenvalue weighted by molar-refractivity contribution is 0.127. The van der Waals surface area contributed by atoms with E-state index in [-0.39, 0.29) is 5.54 Å². The third kappa shape index (κ3) is 3.43. The van der Waals surface area contributed by atoms with Crippen LogP contribution in [0.25, 0.3) is 0 Å². The van der Waals surface area contributed by atoms with Crippen LogP contribution in [0, 0.1) is 18.3 Å². The van der Waals surface area contributed by atoms with Crippen LogP contribution in [0.4, 0.5) is 5.82 Å². The molecule has 2 heterocycles. The molecular formula is C14H20N4O. The third-order valence-corrected chi connectivity index (χ3v) is 3.44. The summed E-state index contributed by atoms with van der Waals surface area (Å²) in [6.45, 7) is 4.35. The summed E-state index contributed by atoms with van der Waals surface area (Å²) >= 11 is 0. The summed E-state index contributed by atoms with van der Waals surface area (Å²) in [5.74, 6) is 0.751. The van der Waals surface area contributed by atoms with E-state index in [1.54, 1.807) is 19.2 Å². The van der Waals surface area contributed by atoms with Gasteiger partial charge in [-0.05, 0) is 38.4 Å². The van der Waals surface area contributed by atoms with Crippen molar-refractivity contribution in [2.24, 2.45) is 0 Å². The molecule has 0 amide bonds. The molecule has 5 heteroatoms. The van der Waals surface area contributed by atoms with Gasteiger partial charge in [0.1, 0.15) is 5.82 Å². The van der Waals surface area contributed by atoms with Crippen molar-refractivity contribution in [3.05, 3.63) is 23.4 Å². The summed E-state index contributed by atoms with van der Waals surface area (Å²) in [5.41, 5.74) is 1.46. The summed E-state index contributed by atoms with van der Waals surface area (Å²) in [6.07, 6.45) is 2.25. The van der Waals surface area contributed by atoms with E-state index in [0.29, 0.717) is 12.2 Å². The summed E-state index contributed by atoms with van der Waals surface area (Å²) in [7, 11) is 1.72. The van der Waals surface area contributed by atoms with E-state index in [0.717, 1.165) is 37.4 Å². The smallest absolute Gasteiger partial charge is 0.127 e. The van der Waals surface area contributed by atoms with Gasteiger partial charge in [0.25, 0.3) is 0 Å². The molecule has 1 aromatic rings. The van der Waals surface area contributed by atoms with Crippen molar-refractivity contribution in [2.45, 2.75) is 25.3 Å². The normalized spacial score (nSPS) is 22.2. The number of nitrogens with zero attached hydrogens (tertiary/aromatic N) is 2. The minimum atomic E-state index is -0.0209. The highest BCUT2D eigenvalue weighted by Crippen LogP contribution is 2.20. The molecule has 0 aliphatic carbocycles. The molecule has 1 aliphatic rings. The molecule has 0 spiro atoms. The number of pyridine rings is 1. The Morgan fingerprint density at radius 3 is 3.05 bits per heavy atom. The van der Waals surface area contributed by atoms with Gasteiger partial charge in [-0.2, -0.15) is 5.26 Å². The number of rotatable bonds is 5. The van der Waals surface area contributed by atoms with Crippen molar-refractivity contribution >= 4 is 5.82 Å². The monoisotopic (exact) mass is 260 g/mol. The number of aryl methyl sites for hydroxylation is 1. The molecule has 0 bridgehead atoms. The minimum absolute atomic E-state index is 0.0209. The molecule has 0 radical (unpaired) electrons. The summed E-state index contributed by atoms with van der Waals surface area (Å²) in [5, 5.41) is 15.8. The fourth-order valence-electron chi connectivity index (χ4n) is 2.55. The second-order valence-electron chi connectivity index (χ2n) is 5.09. The fraction of sp³-hybridized carbons (Fsp3) is 0.571. The number of nitriles is 1. The molecule has 1 atom stereocenters. The zero-order valence-electron chi connectivity index (χ0n) is 11.5. The molecule has 2 N–H and O–H groups in total. The quantitative estimate of drug-likeness (QED) is 0.838. The lowest BCUT2D eigenvalue weighted by atomic mass is 9.98. The van der Waals surface area contributed by atoms with Gasteiger partial charge in [0.2, 0.25) is 0 Å². The van der Waals surface area contributed by atoms with Crippen molar-refractivity contribution in [3.63, 3.8) is 0 Å². The van der Waals surface area contributed by atoms with Gasteiger partial charge in [0, 0.05) is 19.3 Å². The van der Waals surface area contributed by atoms with Crippen LogP contribution in [0.5, 0.6) is 0 Å². The van der Waals surface area contributed by atoms with Crippen LogP contribution in [-0.2, 0) is 4.74 Å². The van der Waals surface area contributed by atoms with E-state index in [2.05, 4.69) is 21.7 Å². The Morgan fingerprint density at radius 1 is 1.58 bits per heavy atom. The van der Waals surface area contributed by atoms with Crippen LogP contribution in [0.2, 0.25) is 0 Å². The lowest BCUT2D eigenvalue weighted by Crippen LogP contribution is -2.49. The van der Waals surface area contributed by atoms with Crippen LogP contribution in [0.1, 0.15) is 24.1 Å². The molecule has 1 aromatic heterocycles. The van der Waals surface area contributed by atoms with Crippen LogP contribution in [0.15, 0.2) is 12.1 Å². The van der Waals surface area contributed by atoms with Gasteiger partial charge in [-0.1, -0.05) is 0 Å². The van der Waals surface area contributed by atoms with Gasteiger partial charge in [-0.15, -0.1) is 0 Å². The number of aromatic nitrogens is 1. The Kier molecular flexibility index (Phi) is 4.35. The van der Waals surface area contributed by atoms with Crippen LogP contribution in [-0.4, -0.2) is 37.3 Å². The van der Waals surface area contributed by atoms with E-state index in [1.165, 1.54) is 0 Å². The number of ether oxygens (including phenoxy) is 1. The molecule has 1 aliphatic heterocycles. The second-order valence-corrected chi connectivity index (χ2v) is 5.09. The highest BCUT2D eigenvalue weighted by Gasteiger charge is 2.33. The summed E-state index contributed by atoms with van der Waals surface area (Å²) in [6, 6.07) is 5.71. The number of hydrogen-bond donors (Lipinski definition) is 2. The SMILES string of the molecule is COCC1(CNc2cc(C#N)cc(C)n2)CCCN1. The predicted octanol–water partition coefficient (Wildman–Crippen LogP) is 1.44. The van der Waals surface area contributed by atoms with E-state index in [4.69, 9.17) is 10.00 Å². The maximum Gasteiger partial charge on any atom is 0.127 e. The van der Waals surface area contributed by atoms with Crippen LogP contribution < -0.4 is 10.6 Å². The zero-order valence-corrected chi connectivity index (χ0v) is 11.5. The maximum absolute atomic E-state index is 8.96. The highest BCUT2D eigenvalue weighted by molar-refractivity contribution is 5.44. The largest absolute Gasteiger partial charge is 0.383 e. The van der Waals surface area contributed by atoms with E-state index in [1.807, 2.05) is 6.92 Å². The first-order chi connectivity index (χ1) is 9.17. The zero-order chi connectivity index (χ0) is 13.7. The minimum Gasteiger partial charge on any atom is -0.383 e. The Hall–Kier alpha value is -1.64. The molecule has 2 rings (SSSR count). The van der Waals surface area contributed by atoms with Crippen molar-refractivity contribution in [3.8, 4) is 6.07 Å². The first-order valence-electron chi connectivity index (χ1n) is 6.54. The van der Waals surface area contributed by atoms with Crippen LogP contribution >= 0.6 is 0 Å². The Balaban J connectivity index is 2.05. The fourth-order valence-corrected chi connectivity index (χ4v) is 2.55. The first-order valence-corrected chi connectivity index (χ1v) is 6.54. The molecule has 0 saturated carbocycles. The van der Waals surface area contributed by atoms with Gasteiger partial charge in [-0.3, -0.25) is 0 Å². The second kappa shape index (κ2) is 6.00. The molecule has 0 aromatic carbocycles. The predicted molar refractivity (Wildman–Crippen MR) is 74.0 cm³/mol. The molecule has 1 fully saturated rings. The van der Waals surface area contributed by atoms with Crippen molar-refractivity contribution in [2.75, 3.05) is 32.1 Å². The number of anilines is 1. The van der Waals surface area contributed by atoms with Gasteiger partial charge in [-0.25, -0.2) is 4.98 Å². The van der Waals surface area contributed by atoms with E-state index < -0.39 is 0 Å². The average molecular weight is 260 g/mol. The lowest BCUT2D eigenvalue weighted by Gasteiger charge is -2.29. The van der Waals surface area contributed by atoms with Crippen molar-refractivity contribution < 1.29 is 4.74 Å². The average Bonchev–Trinajstić information content (AvgIpc) is 2.85. The Labute approximate surface area is 114 Å². The Morgan fingerprint density at radius 2 is 2.42 bits per heavy atom. The van der Waals surface area contributed by atoms with Gasteiger partial charge in [0.15, 0.2) is 0 Å². The standard InChI is InChI=1S/C14H20N4O/c1-11-6-12(8-15)7-13(18-11)16-9-14(10-19-2)4-3-5-17-14/h6-7,17H,3-5,9-10H2,1-2H3,(H,16,18). The molecule has 5 nitrogen and oxygen atoms in total. The highest BCUT2D eigenvalue weighted by atomic mass is 16.5. The van der Waals surface area contributed by atoms with Gasteiger partial charge >= 0.3 is 0 Å². The third-order valence-electron chi connectivity index (χ3n) is 3.44. The van der Waals surface area contributed by atoms with E-state index in [9.17, 15) is 0 Å². The molecule has 102 valence electrons. The van der Waals surface area contributed by atoms with E-state index >= 15 is 0 Å².